The van der Waals surface area contributed by atoms with Gasteiger partial charge >= 0.3 is 0 Å². The Kier molecular flexibility index (Phi) is 5.38. The zero-order chi connectivity index (χ0) is 14.4. The van der Waals surface area contributed by atoms with Gasteiger partial charge in [0.1, 0.15) is 6.61 Å². The first-order chi connectivity index (χ1) is 9.65. The van der Waals surface area contributed by atoms with Crippen molar-refractivity contribution in [3.8, 4) is 0 Å². The van der Waals surface area contributed by atoms with Crippen LogP contribution >= 0.6 is 0 Å². The van der Waals surface area contributed by atoms with Gasteiger partial charge in [0.05, 0.1) is 19.3 Å². The van der Waals surface area contributed by atoms with Gasteiger partial charge in [-0.1, -0.05) is 0 Å². The third kappa shape index (κ3) is 4.51. The molecule has 2 rings (SSSR count). The number of carbonyl (C=O) groups is 1. The van der Waals surface area contributed by atoms with Crippen molar-refractivity contribution in [2.75, 3.05) is 43.1 Å². The summed E-state index contributed by atoms with van der Waals surface area (Å²) in [6.45, 7) is 7.26. The molecule has 1 aliphatic rings. The number of carbonyl (C=O) groups excluding carboxylic acids is 1. The van der Waals surface area contributed by atoms with Crippen LogP contribution in [0.5, 0.6) is 0 Å². The van der Waals surface area contributed by atoms with E-state index in [1.165, 1.54) is 0 Å². The normalized spacial score (nSPS) is 15.4. The van der Waals surface area contributed by atoms with Crippen molar-refractivity contribution >= 4 is 17.3 Å². The van der Waals surface area contributed by atoms with Crippen molar-refractivity contribution in [3.63, 3.8) is 0 Å². The molecule has 1 fully saturated rings. The Morgan fingerprint density at radius 1 is 1.30 bits per heavy atom. The molecule has 1 heterocycles. The van der Waals surface area contributed by atoms with Crippen LogP contribution in [0.2, 0.25) is 0 Å². The smallest absolute Gasteiger partial charge is 0.250 e. The number of benzene rings is 1. The molecule has 1 N–H and O–H groups in total. The Morgan fingerprint density at radius 2 is 1.95 bits per heavy atom. The Morgan fingerprint density at radius 3 is 2.55 bits per heavy atom. The van der Waals surface area contributed by atoms with Crippen molar-refractivity contribution in [1.29, 1.82) is 0 Å². The first-order valence-corrected chi connectivity index (χ1v) is 6.99. The zero-order valence-electron chi connectivity index (χ0n) is 12.1. The number of morpholine rings is 1. The first kappa shape index (κ1) is 14.8. The van der Waals surface area contributed by atoms with Crippen molar-refractivity contribution in [2.45, 2.75) is 20.0 Å². The third-order valence-electron chi connectivity index (χ3n) is 3.08. The lowest BCUT2D eigenvalue weighted by molar-refractivity contribution is -0.121. The van der Waals surface area contributed by atoms with Gasteiger partial charge in [0.25, 0.3) is 0 Å². The van der Waals surface area contributed by atoms with E-state index in [1.54, 1.807) is 0 Å². The quantitative estimate of drug-likeness (QED) is 0.893. The Bertz CT molecular complexity index is 425. The molecule has 0 radical (unpaired) electrons. The summed E-state index contributed by atoms with van der Waals surface area (Å²) < 4.78 is 10.6. The van der Waals surface area contributed by atoms with Gasteiger partial charge in [-0.25, -0.2) is 0 Å². The van der Waals surface area contributed by atoms with Crippen molar-refractivity contribution in [3.05, 3.63) is 24.3 Å². The van der Waals surface area contributed by atoms with Gasteiger partial charge in [0, 0.05) is 24.5 Å². The van der Waals surface area contributed by atoms with E-state index in [9.17, 15) is 4.79 Å². The summed E-state index contributed by atoms with van der Waals surface area (Å²) in [4.78, 5) is 13.9. The average molecular weight is 278 g/mol. The second kappa shape index (κ2) is 7.26. The van der Waals surface area contributed by atoms with Gasteiger partial charge in [-0.05, 0) is 38.1 Å². The molecule has 0 spiro atoms. The van der Waals surface area contributed by atoms with Crippen molar-refractivity contribution < 1.29 is 14.3 Å². The predicted molar refractivity (Wildman–Crippen MR) is 79.2 cm³/mol. The highest BCUT2D eigenvalue weighted by Gasteiger charge is 2.11. The Labute approximate surface area is 119 Å². The number of anilines is 2. The third-order valence-corrected chi connectivity index (χ3v) is 3.08. The maximum Gasteiger partial charge on any atom is 0.250 e. The number of nitrogens with zero attached hydrogens (tertiary/aromatic N) is 1. The summed E-state index contributed by atoms with van der Waals surface area (Å²) in [7, 11) is 0. The minimum Gasteiger partial charge on any atom is -0.378 e. The van der Waals surface area contributed by atoms with E-state index in [4.69, 9.17) is 9.47 Å². The first-order valence-electron chi connectivity index (χ1n) is 6.99. The number of amides is 1. The van der Waals surface area contributed by atoms with Gasteiger partial charge in [0.2, 0.25) is 5.91 Å². The number of ether oxygens (including phenoxy) is 2. The molecule has 0 atom stereocenters. The van der Waals surface area contributed by atoms with Crippen LogP contribution in [0.15, 0.2) is 24.3 Å². The van der Waals surface area contributed by atoms with Crippen LogP contribution < -0.4 is 10.2 Å². The second-order valence-electron chi connectivity index (χ2n) is 5.05. The fourth-order valence-corrected chi connectivity index (χ4v) is 2.02. The Balaban J connectivity index is 1.86. The van der Waals surface area contributed by atoms with Crippen LogP contribution in [0.25, 0.3) is 0 Å². The van der Waals surface area contributed by atoms with Crippen molar-refractivity contribution in [1.82, 2.24) is 0 Å². The van der Waals surface area contributed by atoms with Crippen LogP contribution in [0.3, 0.4) is 0 Å². The van der Waals surface area contributed by atoms with E-state index in [0.717, 1.165) is 37.7 Å². The molecule has 1 amide bonds. The summed E-state index contributed by atoms with van der Waals surface area (Å²) >= 11 is 0. The number of hydrogen-bond donors (Lipinski definition) is 1. The number of nitrogens with one attached hydrogen (secondary N) is 1. The number of rotatable bonds is 5. The lowest BCUT2D eigenvalue weighted by atomic mass is 10.2. The van der Waals surface area contributed by atoms with E-state index in [2.05, 4.69) is 10.2 Å². The molecule has 1 aromatic rings. The van der Waals surface area contributed by atoms with E-state index in [-0.39, 0.29) is 18.6 Å². The molecule has 0 aromatic heterocycles. The summed E-state index contributed by atoms with van der Waals surface area (Å²) in [5.41, 5.74) is 1.95. The van der Waals surface area contributed by atoms with Crippen LogP contribution in [0.1, 0.15) is 13.8 Å². The molecule has 20 heavy (non-hydrogen) atoms. The molecule has 1 aromatic carbocycles. The van der Waals surface area contributed by atoms with E-state index in [0.29, 0.717) is 0 Å². The molecule has 0 saturated carbocycles. The zero-order valence-corrected chi connectivity index (χ0v) is 12.1. The highest BCUT2D eigenvalue weighted by atomic mass is 16.5. The molecule has 1 aliphatic heterocycles. The van der Waals surface area contributed by atoms with Gasteiger partial charge in [0.15, 0.2) is 0 Å². The topological polar surface area (TPSA) is 50.8 Å². The summed E-state index contributed by atoms with van der Waals surface area (Å²) in [5, 5.41) is 2.82. The lowest BCUT2D eigenvalue weighted by Crippen LogP contribution is -2.36. The monoisotopic (exact) mass is 278 g/mol. The maximum absolute atomic E-state index is 11.6. The van der Waals surface area contributed by atoms with Crippen LogP contribution in [0.4, 0.5) is 11.4 Å². The predicted octanol–water partition coefficient (Wildman–Crippen LogP) is 1.89. The van der Waals surface area contributed by atoms with Gasteiger partial charge in [-0.15, -0.1) is 0 Å². The van der Waals surface area contributed by atoms with E-state index < -0.39 is 0 Å². The molecule has 5 nitrogen and oxygen atoms in total. The Hall–Kier alpha value is -1.59. The van der Waals surface area contributed by atoms with Gasteiger partial charge in [-0.2, -0.15) is 0 Å². The highest BCUT2D eigenvalue weighted by molar-refractivity contribution is 5.91. The summed E-state index contributed by atoms with van der Waals surface area (Å²) in [5.74, 6) is -0.127. The maximum atomic E-state index is 11.6. The summed E-state index contributed by atoms with van der Waals surface area (Å²) in [6.07, 6.45) is 0.0597. The van der Waals surface area contributed by atoms with Crippen LogP contribution in [-0.2, 0) is 14.3 Å². The molecule has 0 unspecified atom stereocenters. The average Bonchev–Trinajstić information content (AvgIpc) is 2.47. The standard InChI is InChI=1S/C15H22N2O3/c1-12(2)20-11-15(18)16-13-3-5-14(6-4-13)17-7-9-19-10-8-17/h3-6,12H,7-11H2,1-2H3,(H,16,18). The molecule has 1 saturated heterocycles. The molecule has 5 heteroatoms. The van der Waals surface area contributed by atoms with Crippen LogP contribution in [-0.4, -0.2) is 44.9 Å². The molecule has 0 aliphatic carbocycles. The molecule has 0 bridgehead atoms. The SMILES string of the molecule is CC(C)OCC(=O)Nc1ccc(N2CCOCC2)cc1. The van der Waals surface area contributed by atoms with Gasteiger partial charge < -0.3 is 19.7 Å². The van der Waals surface area contributed by atoms with E-state index >= 15 is 0 Å². The number of hydrogen-bond acceptors (Lipinski definition) is 4. The van der Waals surface area contributed by atoms with Crippen LogP contribution in [0, 0.1) is 0 Å². The van der Waals surface area contributed by atoms with Crippen molar-refractivity contribution in [2.24, 2.45) is 0 Å². The summed E-state index contributed by atoms with van der Waals surface area (Å²) in [6, 6.07) is 7.87. The van der Waals surface area contributed by atoms with E-state index in [1.807, 2.05) is 38.1 Å². The largest absolute Gasteiger partial charge is 0.378 e. The second-order valence-corrected chi connectivity index (χ2v) is 5.05. The minimum atomic E-state index is -0.127. The fourth-order valence-electron chi connectivity index (χ4n) is 2.02. The molecular weight excluding hydrogens is 256 g/mol. The fraction of sp³-hybridized carbons (Fsp3) is 0.533. The minimum absolute atomic E-state index is 0.0597. The van der Waals surface area contributed by atoms with Gasteiger partial charge in [-0.3, -0.25) is 4.79 Å². The lowest BCUT2D eigenvalue weighted by Gasteiger charge is -2.28. The molecule has 110 valence electrons. The highest BCUT2D eigenvalue weighted by Crippen LogP contribution is 2.18. The molecular formula is C15H22N2O3.